The Morgan fingerprint density at radius 2 is 1.73 bits per heavy atom. The molecular formula is C18H35NO6Si. The second-order valence-electron chi connectivity index (χ2n) is 9.43. The first-order chi connectivity index (χ1) is 11.6. The van der Waals surface area contributed by atoms with Gasteiger partial charge in [-0.05, 0) is 45.3 Å². The van der Waals surface area contributed by atoms with Gasteiger partial charge >= 0.3 is 12.1 Å². The molecule has 1 amide bonds. The van der Waals surface area contributed by atoms with Gasteiger partial charge in [0.2, 0.25) is 0 Å². The minimum atomic E-state index is -1.97. The van der Waals surface area contributed by atoms with Gasteiger partial charge in [-0.15, -0.1) is 0 Å². The van der Waals surface area contributed by atoms with Crippen molar-refractivity contribution >= 4 is 20.4 Å². The van der Waals surface area contributed by atoms with Crippen molar-refractivity contribution < 1.29 is 28.6 Å². The molecular weight excluding hydrogens is 354 g/mol. The van der Waals surface area contributed by atoms with E-state index in [4.69, 9.17) is 19.0 Å². The number of amides is 1. The minimum absolute atomic E-state index is 0.0711. The Morgan fingerprint density at radius 1 is 1.15 bits per heavy atom. The predicted molar refractivity (Wildman–Crippen MR) is 102 cm³/mol. The van der Waals surface area contributed by atoms with Gasteiger partial charge in [0.05, 0.1) is 18.8 Å². The van der Waals surface area contributed by atoms with E-state index in [9.17, 15) is 9.59 Å². The van der Waals surface area contributed by atoms with Crippen LogP contribution in [0.3, 0.4) is 0 Å². The Morgan fingerprint density at radius 3 is 2.19 bits per heavy atom. The molecule has 1 rings (SSSR count). The van der Waals surface area contributed by atoms with E-state index in [2.05, 4.69) is 33.9 Å². The summed E-state index contributed by atoms with van der Waals surface area (Å²) in [6.07, 6.45) is 0.107. The molecule has 2 atom stereocenters. The number of rotatable bonds is 6. The molecule has 0 aromatic rings. The summed E-state index contributed by atoms with van der Waals surface area (Å²) in [6, 6.07) is -0.251. The van der Waals surface area contributed by atoms with Crippen LogP contribution < -0.4 is 0 Å². The molecule has 0 aromatic heterocycles. The maximum atomic E-state index is 12.6. The summed E-state index contributed by atoms with van der Waals surface area (Å²) >= 11 is 0. The molecule has 152 valence electrons. The van der Waals surface area contributed by atoms with E-state index < -0.39 is 26.0 Å². The van der Waals surface area contributed by atoms with Gasteiger partial charge in [0, 0.05) is 6.54 Å². The Labute approximate surface area is 158 Å². The lowest BCUT2D eigenvalue weighted by Gasteiger charge is -2.38. The summed E-state index contributed by atoms with van der Waals surface area (Å²) in [4.78, 5) is 24.9. The van der Waals surface area contributed by atoms with E-state index in [1.54, 1.807) is 4.90 Å². The summed E-state index contributed by atoms with van der Waals surface area (Å²) in [5, 5.41) is 8.83. The third-order valence-electron chi connectivity index (χ3n) is 4.81. The third kappa shape index (κ3) is 6.89. The van der Waals surface area contributed by atoms with E-state index in [1.165, 1.54) is 0 Å². The van der Waals surface area contributed by atoms with Gasteiger partial charge in [-0.3, -0.25) is 0 Å². The Bertz CT molecular complexity index is 509. The molecule has 0 bridgehead atoms. The normalized spacial score (nSPS) is 21.8. The fraction of sp³-hybridized carbons (Fsp3) is 0.889. The second-order valence-corrected chi connectivity index (χ2v) is 14.2. The number of hydrogen-bond donors (Lipinski definition) is 1. The van der Waals surface area contributed by atoms with Crippen LogP contribution in [0.2, 0.25) is 18.1 Å². The number of ether oxygens (including phenoxy) is 2. The molecule has 0 spiro atoms. The number of likely N-dealkylation sites (tertiary alicyclic amines) is 1. The Kier molecular flexibility index (Phi) is 7.29. The van der Waals surface area contributed by atoms with Crippen LogP contribution in [0.15, 0.2) is 0 Å². The zero-order valence-electron chi connectivity index (χ0n) is 17.4. The summed E-state index contributed by atoms with van der Waals surface area (Å²) in [6.45, 7) is 16.5. The lowest BCUT2D eigenvalue weighted by atomic mass is 10.2. The van der Waals surface area contributed by atoms with Crippen molar-refractivity contribution in [2.24, 2.45) is 0 Å². The molecule has 1 saturated heterocycles. The monoisotopic (exact) mass is 389 g/mol. The van der Waals surface area contributed by atoms with Crippen LogP contribution in [0.5, 0.6) is 0 Å². The second kappa shape index (κ2) is 8.27. The standard InChI is InChI=1S/C18H35NO6Si/c1-17(2,3)24-16(22)19-10-14(25-26(7,8)18(4,5)6)9-13(19)11-23-12-15(20)21/h13-14H,9-12H2,1-8H3,(H,20,21). The molecule has 1 aliphatic heterocycles. The van der Waals surface area contributed by atoms with E-state index in [1.807, 2.05) is 20.8 Å². The molecule has 0 aliphatic carbocycles. The number of aliphatic carboxylic acids is 1. The van der Waals surface area contributed by atoms with E-state index in [0.29, 0.717) is 13.0 Å². The maximum Gasteiger partial charge on any atom is 0.410 e. The zero-order valence-corrected chi connectivity index (χ0v) is 18.4. The van der Waals surface area contributed by atoms with Crippen LogP contribution in [0, 0.1) is 0 Å². The summed E-state index contributed by atoms with van der Waals surface area (Å²) in [5.74, 6) is -1.03. The molecule has 1 fully saturated rings. The molecule has 0 saturated carbocycles. The first-order valence-electron chi connectivity index (χ1n) is 9.09. The zero-order chi connectivity index (χ0) is 20.3. The van der Waals surface area contributed by atoms with Crippen LogP contribution in [0.4, 0.5) is 4.79 Å². The van der Waals surface area contributed by atoms with Crippen molar-refractivity contribution in [1.82, 2.24) is 4.90 Å². The summed E-state index contributed by atoms with van der Waals surface area (Å²) in [7, 11) is -1.97. The van der Waals surface area contributed by atoms with Gasteiger partial charge < -0.3 is 23.9 Å². The number of carbonyl (C=O) groups is 2. The van der Waals surface area contributed by atoms with Gasteiger partial charge in [-0.25, -0.2) is 9.59 Å². The Balaban J connectivity index is 2.83. The lowest BCUT2D eigenvalue weighted by molar-refractivity contribution is -0.142. The maximum absolute atomic E-state index is 12.6. The Hall–Kier alpha value is -1.12. The van der Waals surface area contributed by atoms with Crippen molar-refractivity contribution in [3.8, 4) is 0 Å². The molecule has 0 radical (unpaired) electrons. The number of hydrogen-bond acceptors (Lipinski definition) is 5. The van der Waals surface area contributed by atoms with Gasteiger partial charge in [-0.2, -0.15) is 0 Å². The molecule has 26 heavy (non-hydrogen) atoms. The van der Waals surface area contributed by atoms with Gasteiger partial charge in [0.15, 0.2) is 8.32 Å². The fourth-order valence-corrected chi connectivity index (χ4v) is 3.89. The van der Waals surface area contributed by atoms with E-state index >= 15 is 0 Å². The highest BCUT2D eigenvalue weighted by Crippen LogP contribution is 2.39. The first kappa shape index (κ1) is 22.9. The van der Waals surface area contributed by atoms with Crippen molar-refractivity contribution in [3.05, 3.63) is 0 Å². The largest absolute Gasteiger partial charge is 0.480 e. The lowest BCUT2D eigenvalue weighted by Crippen LogP contribution is -2.45. The minimum Gasteiger partial charge on any atom is -0.480 e. The highest BCUT2D eigenvalue weighted by molar-refractivity contribution is 6.74. The summed E-state index contributed by atoms with van der Waals surface area (Å²) in [5.41, 5.74) is -0.595. The van der Waals surface area contributed by atoms with Crippen LogP contribution in [-0.2, 0) is 18.7 Å². The molecule has 1 N–H and O–H groups in total. The molecule has 7 nitrogen and oxygen atoms in total. The van der Waals surface area contributed by atoms with Crippen molar-refractivity contribution in [1.29, 1.82) is 0 Å². The van der Waals surface area contributed by atoms with Gasteiger partial charge in [-0.1, -0.05) is 20.8 Å². The molecule has 2 unspecified atom stereocenters. The van der Waals surface area contributed by atoms with Crippen molar-refractivity contribution in [2.45, 2.75) is 83.8 Å². The predicted octanol–water partition coefficient (Wildman–Crippen LogP) is 3.49. The smallest absolute Gasteiger partial charge is 0.410 e. The average molecular weight is 390 g/mol. The van der Waals surface area contributed by atoms with Crippen LogP contribution in [-0.4, -0.2) is 67.9 Å². The first-order valence-corrected chi connectivity index (χ1v) is 12.0. The molecule has 0 aromatic carbocycles. The molecule has 8 heteroatoms. The number of carboxylic acids is 1. The van der Waals surface area contributed by atoms with E-state index in [0.717, 1.165) is 0 Å². The van der Waals surface area contributed by atoms with Crippen LogP contribution in [0.25, 0.3) is 0 Å². The topological polar surface area (TPSA) is 85.3 Å². The van der Waals surface area contributed by atoms with Crippen LogP contribution in [0.1, 0.15) is 48.0 Å². The van der Waals surface area contributed by atoms with Crippen molar-refractivity contribution in [2.75, 3.05) is 19.8 Å². The third-order valence-corrected chi connectivity index (χ3v) is 9.34. The highest BCUT2D eigenvalue weighted by Gasteiger charge is 2.44. The number of nitrogens with zero attached hydrogens (tertiary/aromatic N) is 1. The summed E-state index contributed by atoms with van der Waals surface area (Å²) < 4.78 is 17.2. The van der Waals surface area contributed by atoms with E-state index in [-0.39, 0.29) is 30.4 Å². The SMILES string of the molecule is CC(C)(C)OC(=O)N1CC(O[Si](C)(C)C(C)(C)C)CC1COCC(=O)O. The number of carbonyl (C=O) groups excluding carboxylic acids is 1. The van der Waals surface area contributed by atoms with Crippen LogP contribution >= 0.6 is 0 Å². The van der Waals surface area contributed by atoms with Gasteiger partial charge in [0.25, 0.3) is 0 Å². The molecule has 1 heterocycles. The average Bonchev–Trinajstić information content (AvgIpc) is 2.77. The quantitative estimate of drug-likeness (QED) is 0.700. The fourth-order valence-electron chi connectivity index (χ4n) is 2.54. The van der Waals surface area contributed by atoms with Crippen molar-refractivity contribution in [3.63, 3.8) is 0 Å². The molecule has 1 aliphatic rings. The van der Waals surface area contributed by atoms with Gasteiger partial charge in [0.1, 0.15) is 12.2 Å². The highest BCUT2D eigenvalue weighted by atomic mass is 28.4. The number of carboxylic acid groups (broad SMARTS) is 1.